The highest BCUT2D eigenvalue weighted by atomic mass is 15.5. The minimum absolute atomic E-state index is 0.381. The van der Waals surface area contributed by atoms with Gasteiger partial charge in [-0.2, -0.15) is 0 Å². The van der Waals surface area contributed by atoms with Crippen molar-refractivity contribution in [2.75, 3.05) is 29.5 Å². The third-order valence-corrected chi connectivity index (χ3v) is 5.08. The van der Waals surface area contributed by atoms with Gasteiger partial charge in [0.2, 0.25) is 0 Å². The molecule has 0 fully saturated rings. The number of nitrogens with zero attached hydrogens (tertiary/aromatic N) is 3. The molecule has 0 aliphatic carbocycles. The van der Waals surface area contributed by atoms with Crippen LogP contribution in [0.3, 0.4) is 0 Å². The molecule has 0 saturated heterocycles. The van der Waals surface area contributed by atoms with Crippen LogP contribution in [-0.2, 0) is 0 Å². The number of hydrogen-bond acceptors (Lipinski definition) is 4. The van der Waals surface area contributed by atoms with Crippen molar-refractivity contribution in [3.63, 3.8) is 0 Å². The van der Waals surface area contributed by atoms with Gasteiger partial charge in [0.25, 0.3) is 0 Å². The van der Waals surface area contributed by atoms with E-state index in [-0.39, 0.29) is 0 Å². The van der Waals surface area contributed by atoms with Crippen molar-refractivity contribution in [1.82, 2.24) is 10.4 Å². The second-order valence-corrected chi connectivity index (χ2v) is 6.52. The number of aromatic nitrogens is 1. The molecule has 1 aliphatic rings. The van der Waals surface area contributed by atoms with Gasteiger partial charge in [-0.3, -0.25) is 5.01 Å². The van der Waals surface area contributed by atoms with E-state index in [0.717, 1.165) is 25.5 Å². The quantitative estimate of drug-likeness (QED) is 0.851. The smallest absolute Gasteiger partial charge is 0.147 e. The zero-order chi connectivity index (χ0) is 17.8. The summed E-state index contributed by atoms with van der Waals surface area (Å²) in [6.45, 7) is 11.8. The van der Waals surface area contributed by atoms with Crippen LogP contribution < -0.4 is 15.3 Å². The van der Waals surface area contributed by atoms with E-state index in [2.05, 4.69) is 72.3 Å². The van der Waals surface area contributed by atoms with Crippen LogP contribution in [0.5, 0.6) is 0 Å². The van der Waals surface area contributed by atoms with E-state index in [1.807, 2.05) is 24.4 Å². The second-order valence-electron chi connectivity index (χ2n) is 6.52. The molecule has 1 atom stereocenters. The van der Waals surface area contributed by atoms with E-state index in [1.54, 1.807) is 0 Å². The lowest BCUT2D eigenvalue weighted by Gasteiger charge is -2.22. The third-order valence-electron chi connectivity index (χ3n) is 5.08. The van der Waals surface area contributed by atoms with Crippen molar-refractivity contribution < 1.29 is 0 Å². The van der Waals surface area contributed by atoms with Gasteiger partial charge in [-0.1, -0.05) is 25.1 Å². The Morgan fingerprint density at radius 3 is 2.44 bits per heavy atom. The predicted molar refractivity (Wildman–Crippen MR) is 106 cm³/mol. The molecule has 0 saturated carbocycles. The van der Waals surface area contributed by atoms with E-state index in [9.17, 15) is 0 Å². The maximum Gasteiger partial charge on any atom is 0.147 e. The highest BCUT2D eigenvalue weighted by molar-refractivity contribution is 5.50. The fourth-order valence-corrected chi connectivity index (χ4v) is 3.48. The van der Waals surface area contributed by atoms with Crippen LogP contribution in [-0.4, -0.2) is 24.6 Å². The molecule has 25 heavy (non-hydrogen) atoms. The van der Waals surface area contributed by atoms with Gasteiger partial charge in [-0.25, -0.2) is 4.98 Å². The summed E-state index contributed by atoms with van der Waals surface area (Å²) < 4.78 is 0. The summed E-state index contributed by atoms with van der Waals surface area (Å²) in [5.74, 6) is 1.34. The molecule has 0 radical (unpaired) electrons. The lowest BCUT2D eigenvalue weighted by molar-refractivity contribution is 0.779. The first-order chi connectivity index (χ1) is 12.1. The lowest BCUT2D eigenvalue weighted by Crippen LogP contribution is -2.32. The second kappa shape index (κ2) is 7.60. The zero-order valence-electron chi connectivity index (χ0n) is 15.7. The Bertz CT molecular complexity index is 717. The molecule has 1 unspecified atom stereocenters. The number of hydrogen-bond donors (Lipinski definition) is 1. The number of hydrazine groups is 1. The summed E-state index contributed by atoms with van der Waals surface area (Å²) in [6.07, 6.45) is 1.83. The van der Waals surface area contributed by atoms with Gasteiger partial charge in [-0.05, 0) is 56.2 Å². The average Bonchev–Trinajstić information content (AvgIpc) is 3.05. The minimum Gasteiger partial charge on any atom is -0.372 e. The molecule has 1 aromatic heterocycles. The molecule has 0 spiro atoms. The summed E-state index contributed by atoms with van der Waals surface area (Å²) >= 11 is 0. The van der Waals surface area contributed by atoms with E-state index < -0.39 is 0 Å². The van der Waals surface area contributed by atoms with Gasteiger partial charge in [0.15, 0.2) is 0 Å². The standard InChI is InChI=1S/C21H28N4/c1-5-24(6-2)19-12-10-18(11-13-19)16(3)20-15-25(23-17(20)4)21-9-7-8-14-22-21/h7-14,16,23H,5-6,15H2,1-4H3. The number of allylic oxidation sites excluding steroid dienone is 1. The SMILES string of the molecule is CCN(CC)c1ccc(C(C)C2=C(C)NN(c3ccccn3)C2)cc1. The van der Waals surface area contributed by atoms with Crippen LogP contribution in [0.25, 0.3) is 0 Å². The molecule has 2 heterocycles. The molecule has 0 bridgehead atoms. The fraction of sp³-hybridized carbons (Fsp3) is 0.381. The summed E-state index contributed by atoms with van der Waals surface area (Å²) in [5, 5.41) is 2.12. The molecule has 4 nitrogen and oxygen atoms in total. The predicted octanol–water partition coefficient (Wildman–Crippen LogP) is 4.33. The topological polar surface area (TPSA) is 31.4 Å². The van der Waals surface area contributed by atoms with Crippen LogP contribution in [0.4, 0.5) is 11.5 Å². The van der Waals surface area contributed by atoms with E-state index in [0.29, 0.717) is 5.92 Å². The maximum absolute atomic E-state index is 4.44. The Morgan fingerprint density at radius 1 is 1.12 bits per heavy atom. The Labute approximate surface area is 151 Å². The molecule has 2 aromatic rings. The van der Waals surface area contributed by atoms with Crippen molar-refractivity contribution >= 4 is 11.5 Å². The van der Waals surface area contributed by atoms with Crippen LogP contribution >= 0.6 is 0 Å². The van der Waals surface area contributed by atoms with E-state index in [1.165, 1.54) is 22.5 Å². The number of anilines is 2. The van der Waals surface area contributed by atoms with Gasteiger partial charge >= 0.3 is 0 Å². The molecular formula is C21H28N4. The molecule has 3 rings (SSSR count). The first-order valence-electron chi connectivity index (χ1n) is 9.13. The van der Waals surface area contributed by atoms with Crippen molar-refractivity contribution in [2.45, 2.75) is 33.6 Å². The van der Waals surface area contributed by atoms with Crippen molar-refractivity contribution in [3.05, 3.63) is 65.5 Å². The summed E-state index contributed by atoms with van der Waals surface area (Å²) in [5.41, 5.74) is 8.76. The number of benzene rings is 1. The first-order valence-corrected chi connectivity index (χ1v) is 9.13. The highest BCUT2D eigenvalue weighted by Gasteiger charge is 2.24. The van der Waals surface area contributed by atoms with Crippen LogP contribution in [0.1, 0.15) is 39.2 Å². The molecule has 4 heteroatoms. The Morgan fingerprint density at radius 2 is 1.84 bits per heavy atom. The zero-order valence-corrected chi connectivity index (χ0v) is 15.7. The minimum atomic E-state index is 0.381. The normalized spacial score (nSPS) is 15.3. The molecule has 1 aromatic carbocycles. The molecular weight excluding hydrogens is 308 g/mol. The Balaban J connectivity index is 1.74. The van der Waals surface area contributed by atoms with Crippen molar-refractivity contribution in [3.8, 4) is 0 Å². The molecule has 0 amide bonds. The Hall–Kier alpha value is -2.49. The van der Waals surface area contributed by atoms with Crippen LogP contribution in [0, 0.1) is 0 Å². The molecule has 132 valence electrons. The first kappa shape index (κ1) is 17.3. The van der Waals surface area contributed by atoms with Crippen LogP contribution in [0.15, 0.2) is 59.9 Å². The number of pyridine rings is 1. The monoisotopic (exact) mass is 336 g/mol. The van der Waals surface area contributed by atoms with Crippen molar-refractivity contribution in [1.29, 1.82) is 0 Å². The van der Waals surface area contributed by atoms with Gasteiger partial charge in [-0.15, -0.1) is 0 Å². The van der Waals surface area contributed by atoms with E-state index in [4.69, 9.17) is 0 Å². The Kier molecular flexibility index (Phi) is 5.27. The van der Waals surface area contributed by atoms with Crippen molar-refractivity contribution in [2.24, 2.45) is 0 Å². The number of rotatable bonds is 6. The highest BCUT2D eigenvalue weighted by Crippen LogP contribution is 2.31. The fourth-order valence-electron chi connectivity index (χ4n) is 3.48. The van der Waals surface area contributed by atoms with Gasteiger partial charge in [0, 0.05) is 36.6 Å². The van der Waals surface area contributed by atoms with Crippen LogP contribution in [0.2, 0.25) is 0 Å². The summed E-state index contributed by atoms with van der Waals surface area (Å²) in [4.78, 5) is 6.82. The summed E-state index contributed by atoms with van der Waals surface area (Å²) in [6, 6.07) is 15.0. The average molecular weight is 336 g/mol. The maximum atomic E-state index is 4.44. The largest absolute Gasteiger partial charge is 0.372 e. The number of nitrogens with one attached hydrogen (secondary N) is 1. The van der Waals surface area contributed by atoms with Gasteiger partial charge < -0.3 is 10.3 Å². The van der Waals surface area contributed by atoms with E-state index >= 15 is 0 Å². The van der Waals surface area contributed by atoms with Gasteiger partial charge in [0.05, 0.1) is 6.54 Å². The molecule has 1 N–H and O–H groups in total. The third kappa shape index (κ3) is 3.63. The van der Waals surface area contributed by atoms with Gasteiger partial charge in [0.1, 0.15) is 5.82 Å². The summed E-state index contributed by atoms with van der Waals surface area (Å²) in [7, 11) is 0. The molecule has 1 aliphatic heterocycles. The lowest BCUT2D eigenvalue weighted by atomic mass is 9.92.